The second-order valence-electron chi connectivity index (χ2n) is 8.98. The van der Waals surface area contributed by atoms with Crippen molar-refractivity contribution >= 4 is 18.0 Å². The maximum atomic E-state index is 12.5. The van der Waals surface area contributed by atoms with E-state index in [2.05, 4.69) is 35.1 Å². The van der Waals surface area contributed by atoms with Gasteiger partial charge in [-0.2, -0.15) is 0 Å². The van der Waals surface area contributed by atoms with Crippen LogP contribution < -0.4 is 10.8 Å². The number of methoxy groups -OCH3 is 1. The van der Waals surface area contributed by atoms with Gasteiger partial charge in [-0.3, -0.25) is 9.63 Å². The van der Waals surface area contributed by atoms with E-state index >= 15 is 0 Å². The molecule has 0 saturated heterocycles. The lowest BCUT2D eigenvalue weighted by molar-refractivity contribution is -0.165. The number of carboxylic acid groups (broad SMARTS) is 1. The second kappa shape index (κ2) is 11.3. The van der Waals surface area contributed by atoms with E-state index < -0.39 is 24.1 Å². The largest absolute Gasteiger partial charge is 0.479 e. The van der Waals surface area contributed by atoms with E-state index in [0.717, 1.165) is 24.0 Å². The van der Waals surface area contributed by atoms with Gasteiger partial charge in [-0.15, -0.1) is 0 Å². The first kappa shape index (κ1) is 24.7. The molecule has 0 aromatic heterocycles. The van der Waals surface area contributed by atoms with Gasteiger partial charge in [-0.25, -0.2) is 15.1 Å². The van der Waals surface area contributed by atoms with E-state index in [0.29, 0.717) is 6.42 Å². The zero-order chi connectivity index (χ0) is 24.8. The molecular weight excluding hydrogens is 452 g/mol. The van der Waals surface area contributed by atoms with Crippen molar-refractivity contribution in [2.45, 2.75) is 43.7 Å². The summed E-state index contributed by atoms with van der Waals surface area (Å²) >= 11 is 0. The summed E-state index contributed by atoms with van der Waals surface area (Å²) in [5, 5.41) is 11.9. The zero-order valence-corrected chi connectivity index (χ0v) is 19.6. The SMILES string of the molecule is COCC(ONC(=O)C[C@@H]1CC[C@H](NC(=O)OCC2c3ccccc3-c3ccccc32)C1)C(=O)O. The molecule has 2 aliphatic rings. The van der Waals surface area contributed by atoms with Crippen molar-refractivity contribution in [2.24, 2.45) is 5.92 Å². The number of carboxylic acids is 1. The molecule has 4 rings (SSSR count). The van der Waals surface area contributed by atoms with Gasteiger partial charge in [-0.1, -0.05) is 48.5 Å². The van der Waals surface area contributed by atoms with Crippen molar-refractivity contribution in [3.63, 3.8) is 0 Å². The van der Waals surface area contributed by atoms with Crippen LogP contribution in [0.1, 0.15) is 42.7 Å². The fourth-order valence-electron chi connectivity index (χ4n) is 4.95. The predicted octanol–water partition coefficient (Wildman–Crippen LogP) is 3.23. The predicted molar refractivity (Wildman–Crippen MR) is 126 cm³/mol. The average molecular weight is 483 g/mol. The molecule has 0 bridgehead atoms. The van der Waals surface area contributed by atoms with Gasteiger partial charge < -0.3 is 19.9 Å². The first-order chi connectivity index (χ1) is 17.0. The van der Waals surface area contributed by atoms with Crippen molar-refractivity contribution in [3.8, 4) is 11.1 Å². The molecule has 2 aliphatic carbocycles. The topological polar surface area (TPSA) is 123 Å². The Morgan fingerprint density at radius 3 is 2.31 bits per heavy atom. The second-order valence-corrected chi connectivity index (χ2v) is 8.98. The fourth-order valence-corrected chi connectivity index (χ4v) is 4.95. The van der Waals surface area contributed by atoms with Gasteiger partial charge in [0.15, 0.2) is 0 Å². The Hall–Kier alpha value is -3.43. The molecule has 2 aromatic carbocycles. The minimum atomic E-state index is -1.27. The van der Waals surface area contributed by atoms with Crippen molar-refractivity contribution in [2.75, 3.05) is 20.3 Å². The Morgan fingerprint density at radius 2 is 1.69 bits per heavy atom. The number of ether oxygens (including phenoxy) is 2. The molecule has 3 atom stereocenters. The van der Waals surface area contributed by atoms with Crippen LogP contribution in [0.4, 0.5) is 4.79 Å². The van der Waals surface area contributed by atoms with Gasteiger partial charge in [-0.05, 0) is 47.4 Å². The summed E-state index contributed by atoms with van der Waals surface area (Å²) in [5.41, 5.74) is 6.86. The number of hydroxylamine groups is 1. The van der Waals surface area contributed by atoms with Gasteiger partial charge in [0.05, 0.1) is 6.61 Å². The van der Waals surface area contributed by atoms with Crippen LogP contribution in [0.2, 0.25) is 0 Å². The minimum Gasteiger partial charge on any atom is -0.479 e. The Labute approximate surface area is 203 Å². The van der Waals surface area contributed by atoms with Crippen LogP contribution in [-0.2, 0) is 23.9 Å². The van der Waals surface area contributed by atoms with E-state index in [1.54, 1.807) is 0 Å². The third-order valence-electron chi connectivity index (χ3n) is 6.59. The molecule has 1 fully saturated rings. The number of nitrogens with one attached hydrogen (secondary N) is 2. The third-order valence-corrected chi connectivity index (χ3v) is 6.59. The lowest BCUT2D eigenvalue weighted by Crippen LogP contribution is -2.37. The Bertz CT molecular complexity index is 1030. The first-order valence-corrected chi connectivity index (χ1v) is 11.7. The molecule has 9 nitrogen and oxygen atoms in total. The maximum absolute atomic E-state index is 12.5. The first-order valence-electron chi connectivity index (χ1n) is 11.7. The van der Waals surface area contributed by atoms with E-state index in [1.807, 2.05) is 24.3 Å². The number of alkyl carbamates (subject to hydrolysis) is 1. The molecule has 0 heterocycles. The van der Waals surface area contributed by atoms with Gasteiger partial charge in [0.25, 0.3) is 0 Å². The van der Waals surface area contributed by atoms with Crippen molar-refractivity contribution < 1.29 is 33.8 Å². The average Bonchev–Trinajstić information content (AvgIpc) is 3.42. The van der Waals surface area contributed by atoms with Gasteiger partial charge in [0.1, 0.15) is 6.61 Å². The smallest absolute Gasteiger partial charge is 0.407 e. The summed E-state index contributed by atoms with van der Waals surface area (Å²) in [4.78, 5) is 40.6. The normalized spacial score (nSPS) is 19.5. The number of carbonyl (C=O) groups is 3. The van der Waals surface area contributed by atoms with Crippen LogP contribution in [0.25, 0.3) is 11.1 Å². The standard InChI is InChI=1S/C26H30N2O7/c1-33-15-23(25(30)31)35-28-24(29)13-16-10-11-17(12-16)27-26(32)34-14-22-20-8-4-2-6-18(20)19-7-3-5-9-21(19)22/h2-9,16-17,22-23H,10-15H2,1H3,(H,27,32)(H,28,29)(H,30,31)/t16-,17+,23?/m1/s1. The number of carbonyl (C=O) groups excluding carboxylic acids is 2. The molecule has 9 heteroatoms. The zero-order valence-electron chi connectivity index (χ0n) is 19.6. The van der Waals surface area contributed by atoms with Crippen molar-refractivity contribution in [3.05, 3.63) is 59.7 Å². The minimum absolute atomic E-state index is 0.000842. The van der Waals surface area contributed by atoms with Gasteiger partial charge >= 0.3 is 12.1 Å². The van der Waals surface area contributed by atoms with Crippen LogP contribution in [-0.4, -0.2) is 55.5 Å². The number of rotatable bonds is 10. The highest BCUT2D eigenvalue weighted by Crippen LogP contribution is 2.44. The molecule has 1 saturated carbocycles. The summed E-state index contributed by atoms with van der Waals surface area (Å²) in [5.74, 6) is -1.57. The number of fused-ring (bicyclic) bond motifs is 3. The van der Waals surface area contributed by atoms with E-state index in [9.17, 15) is 14.4 Å². The maximum Gasteiger partial charge on any atom is 0.407 e. The molecule has 186 valence electrons. The molecule has 0 radical (unpaired) electrons. The quantitative estimate of drug-likeness (QED) is 0.444. The van der Waals surface area contributed by atoms with Crippen LogP contribution in [0, 0.1) is 5.92 Å². The van der Waals surface area contributed by atoms with E-state index in [4.69, 9.17) is 19.4 Å². The van der Waals surface area contributed by atoms with Crippen LogP contribution in [0.3, 0.4) is 0 Å². The summed E-state index contributed by atoms with van der Waals surface area (Å²) in [7, 11) is 1.35. The highest BCUT2D eigenvalue weighted by molar-refractivity contribution is 5.79. The van der Waals surface area contributed by atoms with Gasteiger partial charge in [0.2, 0.25) is 12.0 Å². The summed E-state index contributed by atoms with van der Waals surface area (Å²) in [6.07, 6.45) is 0.594. The van der Waals surface area contributed by atoms with Crippen molar-refractivity contribution in [1.29, 1.82) is 0 Å². The third kappa shape index (κ3) is 5.98. The number of hydrogen-bond acceptors (Lipinski definition) is 6. The summed E-state index contributed by atoms with van der Waals surface area (Å²) < 4.78 is 10.4. The summed E-state index contributed by atoms with van der Waals surface area (Å²) in [6.45, 7) is 0.0765. The lowest BCUT2D eigenvalue weighted by Gasteiger charge is -2.17. The van der Waals surface area contributed by atoms with E-state index in [-0.39, 0.29) is 37.5 Å². The van der Waals surface area contributed by atoms with Crippen LogP contribution >= 0.6 is 0 Å². The number of hydrogen-bond donors (Lipinski definition) is 3. The molecule has 3 N–H and O–H groups in total. The number of aliphatic carboxylic acids is 1. The number of benzene rings is 2. The molecule has 0 spiro atoms. The number of amides is 2. The Morgan fingerprint density at radius 1 is 1.03 bits per heavy atom. The monoisotopic (exact) mass is 482 g/mol. The van der Waals surface area contributed by atoms with Crippen LogP contribution in [0.5, 0.6) is 0 Å². The molecule has 35 heavy (non-hydrogen) atoms. The molecule has 2 aromatic rings. The van der Waals surface area contributed by atoms with Gasteiger partial charge in [0, 0.05) is 25.5 Å². The van der Waals surface area contributed by atoms with E-state index in [1.165, 1.54) is 18.2 Å². The Kier molecular flexibility index (Phi) is 7.99. The molecular formula is C26H30N2O7. The van der Waals surface area contributed by atoms with Crippen molar-refractivity contribution in [1.82, 2.24) is 10.8 Å². The lowest BCUT2D eigenvalue weighted by atomic mass is 9.98. The van der Waals surface area contributed by atoms with Crippen LogP contribution in [0.15, 0.2) is 48.5 Å². The Balaban J connectivity index is 1.22. The highest BCUT2D eigenvalue weighted by Gasteiger charge is 2.31. The highest BCUT2D eigenvalue weighted by atomic mass is 16.7. The fraction of sp³-hybridized carbons (Fsp3) is 0.423. The molecule has 0 aliphatic heterocycles. The molecule has 1 unspecified atom stereocenters. The molecule has 2 amide bonds. The summed E-state index contributed by atoms with van der Waals surface area (Å²) in [6, 6.07) is 16.3.